The van der Waals surface area contributed by atoms with E-state index in [2.05, 4.69) is 20.9 Å². The van der Waals surface area contributed by atoms with Gasteiger partial charge in [0.2, 0.25) is 0 Å². The van der Waals surface area contributed by atoms with Crippen LogP contribution in [0.1, 0.15) is 18.9 Å². The average molecular weight is 259 g/mol. The van der Waals surface area contributed by atoms with Gasteiger partial charge in [-0.15, -0.1) is 0 Å². The summed E-state index contributed by atoms with van der Waals surface area (Å²) in [6.45, 7) is 2.68. The molecule has 0 fully saturated rings. The third-order valence-electron chi connectivity index (χ3n) is 1.66. The molecule has 1 aromatic carbocycles. The van der Waals surface area contributed by atoms with E-state index in [0.717, 1.165) is 6.42 Å². The molecule has 0 saturated carbocycles. The van der Waals surface area contributed by atoms with Gasteiger partial charge in [-0.2, -0.15) is 0 Å². The zero-order valence-electron chi connectivity index (χ0n) is 7.93. The number of amidine groups is 1. The molecule has 0 unspecified atom stereocenters. The van der Waals surface area contributed by atoms with E-state index in [4.69, 9.17) is 5.73 Å². The molecule has 2 nitrogen and oxygen atoms in total. The zero-order chi connectivity index (χ0) is 10.6. The molecule has 2 N–H and O–H groups in total. The van der Waals surface area contributed by atoms with Crippen molar-refractivity contribution < 1.29 is 4.39 Å². The normalized spacial score (nSPS) is 11.8. The molecule has 0 aliphatic rings. The fraction of sp³-hybridized carbons (Fsp3) is 0.300. The molecule has 0 saturated heterocycles. The smallest absolute Gasteiger partial charge is 0.125 e. The SMILES string of the molecule is CCCN=C(N)c1cc(F)cc(Br)c1. The number of hydrogen-bond acceptors (Lipinski definition) is 1. The third-order valence-corrected chi connectivity index (χ3v) is 2.12. The van der Waals surface area contributed by atoms with Crippen molar-refractivity contribution in [1.82, 2.24) is 0 Å². The molecule has 0 spiro atoms. The van der Waals surface area contributed by atoms with Gasteiger partial charge in [-0.3, -0.25) is 4.99 Å². The molecule has 0 heterocycles. The Morgan fingerprint density at radius 1 is 1.50 bits per heavy atom. The van der Waals surface area contributed by atoms with Gasteiger partial charge in [-0.25, -0.2) is 4.39 Å². The molecule has 0 aliphatic carbocycles. The van der Waals surface area contributed by atoms with Gasteiger partial charge in [0.25, 0.3) is 0 Å². The lowest BCUT2D eigenvalue weighted by Gasteiger charge is -2.01. The van der Waals surface area contributed by atoms with Crippen molar-refractivity contribution in [3.8, 4) is 0 Å². The Morgan fingerprint density at radius 3 is 2.79 bits per heavy atom. The summed E-state index contributed by atoms with van der Waals surface area (Å²) in [5.41, 5.74) is 6.30. The molecule has 0 radical (unpaired) electrons. The van der Waals surface area contributed by atoms with E-state index in [1.165, 1.54) is 12.1 Å². The molecule has 0 aromatic heterocycles. The van der Waals surface area contributed by atoms with Crippen LogP contribution in [-0.4, -0.2) is 12.4 Å². The number of rotatable bonds is 3. The summed E-state index contributed by atoms with van der Waals surface area (Å²) in [6.07, 6.45) is 0.928. The Bertz CT molecular complexity index is 330. The first-order valence-electron chi connectivity index (χ1n) is 4.40. The van der Waals surface area contributed by atoms with Crippen LogP contribution in [-0.2, 0) is 0 Å². The number of nitrogens with zero attached hydrogens (tertiary/aromatic N) is 1. The van der Waals surface area contributed by atoms with Crippen molar-refractivity contribution in [3.05, 3.63) is 34.1 Å². The summed E-state index contributed by atoms with van der Waals surface area (Å²) in [4.78, 5) is 4.10. The maximum Gasteiger partial charge on any atom is 0.125 e. The van der Waals surface area contributed by atoms with Crippen molar-refractivity contribution in [3.63, 3.8) is 0 Å². The molecule has 0 atom stereocenters. The number of aliphatic imine (C=N–C) groups is 1. The topological polar surface area (TPSA) is 38.4 Å². The van der Waals surface area contributed by atoms with Gasteiger partial charge in [-0.1, -0.05) is 22.9 Å². The quantitative estimate of drug-likeness (QED) is 0.657. The summed E-state index contributed by atoms with van der Waals surface area (Å²) in [5.74, 6) is 0.0658. The van der Waals surface area contributed by atoms with Gasteiger partial charge >= 0.3 is 0 Å². The second kappa shape index (κ2) is 5.10. The largest absolute Gasteiger partial charge is 0.384 e. The minimum atomic E-state index is -0.316. The van der Waals surface area contributed by atoms with E-state index in [1.54, 1.807) is 6.07 Å². The third kappa shape index (κ3) is 3.10. The van der Waals surface area contributed by atoms with E-state index in [-0.39, 0.29) is 5.82 Å². The van der Waals surface area contributed by atoms with Crippen LogP contribution in [0.2, 0.25) is 0 Å². The minimum Gasteiger partial charge on any atom is -0.384 e. The van der Waals surface area contributed by atoms with Crippen LogP contribution in [0.15, 0.2) is 27.7 Å². The van der Waals surface area contributed by atoms with E-state index in [1.807, 2.05) is 6.92 Å². The van der Waals surface area contributed by atoms with E-state index in [9.17, 15) is 4.39 Å². The molecule has 0 bridgehead atoms. The Kier molecular flexibility index (Phi) is 4.07. The number of hydrogen-bond donors (Lipinski definition) is 1. The maximum absolute atomic E-state index is 13.0. The van der Waals surface area contributed by atoms with Crippen LogP contribution >= 0.6 is 15.9 Å². The Morgan fingerprint density at radius 2 is 2.21 bits per heavy atom. The van der Waals surface area contributed by atoms with E-state index in [0.29, 0.717) is 22.4 Å². The molecule has 0 amide bonds. The predicted octanol–water partition coefficient (Wildman–Crippen LogP) is 2.70. The van der Waals surface area contributed by atoms with Gasteiger partial charge in [0, 0.05) is 16.6 Å². The first-order chi connectivity index (χ1) is 6.63. The standard InChI is InChI=1S/C10H12BrFN2/c1-2-3-14-10(13)7-4-8(11)6-9(12)5-7/h4-6H,2-3H2,1H3,(H2,13,14). The number of halogens is 2. The zero-order valence-corrected chi connectivity index (χ0v) is 9.51. The van der Waals surface area contributed by atoms with Gasteiger partial charge in [0.15, 0.2) is 0 Å². The first kappa shape index (κ1) is 11.2. The maximum atomic E-state index is 13.0. The van der Waals surface area contributed by atoms with Crippen molar-refractivity contribution in [2.24, 2.45) is 10.7 Å². The van der Waals surface area contributed by atoms with Crippen LogP contribution in [0.5, 0.6) is 0 Å². The Hall–Kier alpha value is -0.900. The second-order valence-electron chi connectivity index (χ2n) is 2.93. The van der Waals surface area contributed by atoms with Crippen LogP contribution in [0.4, 0.5) is 4.39 Å². The second-order valence-corrected chi connectivity index (χ2v) is 3.84. The average Bonchev–Trinajstić information content (AvgIpc) is 2.12. The van der Waals surface area contributed by atoms with Crippen LogP contribution in [0.3, 0.4) is 0 Å². The molecule has 14 heavy (non-hydrogen) atoms. The highest BCUT2D eigenvalue weighted by atomic mass is 79.9. The minimum absolute atomic E-state index is 0.316. The van der Waals surface area contributed by atoms with Gasteiger partial charge in [0.05, 0.1) is 0 Å². The summed E-state index contributed by atoms with van der Waals surface area (Å²) in [6, 6.07) is 4.51. The fourth-order valence-corrected chi connectivity index (χ4v) is 1.49. The molecule has 4 heteroatoms. The van der Waals surface area contributed by atoms with Crippen LogP contribution in [0.25, 0.3) is 0 Å². The summed E-state index contributed by atoms with van der Waals surface area (Å²) in [7, 11) is 0. The highest BCUT2D eigenvalue weighted by Gasteiger charge is 2.02. The highest BCUT2D eigenvalue weighted by Crippen LogP contribution is 2.14. The fourth-order valence-electron chi connectivity index (χ4n) is 1.03. The lowest BCUT2D eigenvalue weighted by atomic mass is 10.2. The Balaban J connectivity index is 2.95. The molecule has 0 aliphatic heterocycles. The first-order valence-corrected chi connectivity index (χ1v) is 5.19. The van der Waals surface area contributed by atoms with Crippen molar-refractivity contribution >= 4 is 21.8 Å². The van der Waals surface area contributed by atoms with E-state index >= 15 is 0 Å². The molecule has 1 rings (SSSR count). The summed E-state index contributed by atoms with van der Waals surface area (Å²) in [5, 5.41) is 0. The summed E-state index contributed by atoms with van der Waals surface area (Å²) >= 11 is 3.20. The Labute approximate surface area is 91.2 Å². The summed E-state index contributed by atoms with van der Waals surface area (Å²) < 4.78 is 13.6. The van der Waals surface area contributed by atoms with Crippen LogP contribution < -0.4 is 5.73 Å². The number of nitrogens with two attached hydrogens (primary N) is 1. The van der Waals surface area contributed by atoms with Gasteiger partial charge in [0.1, 0.15) is 11.7 Å². The van der Waals surface area contributed by atoms with Crippen molar-refractivity contribution in [2.45, 2.75) is 13.3 Å². The van der Waals surface area contributed by atoms with Crippen molar-refractivity contribution in [1.29, 1.82) is 0 Å². The highest BCUT2D eigenvalue weighted by molar-refractivity contribution is 9.10. The number of benzene rings is 1. The molecular formula is C10H12BrFN2. The van der Waals surface area contributed by atoms with E-state index < -0.39 is 0 Å². The van der Waals surface area contributed by atoms with Gasteiger partial charge in [-0.05, 0) is 24.6 Å². The monoisotopic (exact) mass is 258 g/mol. The van der Waals surface area contributed by atoms with Crippen LogP contribution in [0, 0.1) is 5.82 Å². The van der Waals surface area contributed by atoms with Crippen molar-refractivity contribution in [2.75, 3.05) is 6.54 Å². The van der Waals surface area contributed by atoms with Gasteiger partial charge < -0.3 is 5.73 Å². The predicted molar refractivity (Wildman–Crippen MR) is 60.0 cm³/mol. The molecule has 1 aromatic rings. The molecule has 76 valence electrons. The lowest BCUT2D eigenvalue weighted by molar-refractivity contribution is 0.626. The lowest BCUT2D eigenvalue weighted by Crippen LogP contribution is -2.14. The molecular weight excluding hydrogens is 247 g/mol.